The molecule has 2 aromatic rings. The maximum absolute atomic E-state index is 13.0. The summed E-state index contributed by atoms with van der Waals surface area (Å²) < 4.78 is 11.0. The molecule has 0 aromatic heterocycles. The average Bonchev–Trinajstić information content (AvgIpc) is 3.04. The molecule has 1 heterocycles. The fraction of sp³-hybridized carbons (Fsp3) is 0.333. The number of benzene rings is 2. The summed E-state index contributed by atoms with van der Waals surface area (Å²) in [5.41, 5.74) is 0.302. The van der Waals surface area contributed by atoms with Crippen molar-refractivity contribution in [3.63, 3.8) is 0 Å². The third-order valence-electron chi connectivity index (χ3n) is 5.16. The molecule has 1 amide bonds. The summed E-state index contributed by atoms with van der Waals surface area (Å²) in [6.45, 7) is 6.40. The normalized spacial score (nSPS) is 17.6. The number of hydrogen-bond acceptors (Lipinski definition) is 7. The molecule has 1 aliphatic heterocycles. The first kappa shape index (κ1) is 23.9. The maximum Gasteiger partial charge on any atom is 0.295 e. The summed E-state index contributed by atoms with van der Waals surface area (Å²) in [7, 11) is 0. The Labute approximate surface area is 191 Å². The van der Waals surface area contributed by atoms with Gasteiger partial charge in [0.2, 0.25) is 0 Å². The van der Waals surface area contributed by atoms with Gasteiger partial charge in [0.05, 0.1) is 35.9 Å². The maximum atomic E-state index is 13.0. The fourth-order valence-corrected chi connectivity index (χ4v) is 3.68. The second kappa shape index (κ2) is 10.3. The van der Waals surface area contributed by atoms with Crippen molar-refractivity contribution in [1.29, 1.82) is 0 Å². The van der Waals surface area contributed by atoms with E-state index in [-0.39, 0.29) is 36.1 Å². The molecule has 1 saturated heterocycles. The van der Waals surface area contributed by atoms with E-state index < -0.39 is 28.4 Å². The van der Waals surface area contributed by atoms with E-state index in [1.54, 1.807) is 24.3 Å². The van der Waals surface area contributed by atoms with E-state index in [9.17, 15) is 24.8 Å². The van der Waals surface area contributed by atoms with E-state index >= 15 is 0 Å². The molecule has 0 spiro atoms. The lowest BCUT2D eigenvalue weighted by molar-refractivity contribution is -0.384. The summed E-state index contributed by atoms with van der Waals surface area (Å²) in [6, 6.07) is 11.3. The van der Waals surface area contributed by atoms with Crippen LogP contribution in [0.3, 0.4) is 0 Å². The number of aliphatic hydroxyl groups is 1. The predicted molar refractivity (Wildman–Crippen MR) is 121 cm³/mol. The van der Waals surface area contributed by atoms with Crippen molar-refractivity contribution >= 4 is 23.1 Å². The highest BCUT2D eigenvalue weighted by Gasteiger charge is 2.46. The molecule has 33 heavy (non-hydrogen) atoms. The standard InChI is InChI=1S/C24H26N2O7/c1-4-32-19-10-8-16(9-11-19)21-20(22(27)17-6-5-7-18(14-17)26(30)31)23(28)24(29)25(21)12-13-33-15(2)3/h5-11,14-15,21,27H,4,12-13H2,1-3H3/b22-20-. The largest absolute Gasteiger partial charge is 0.507 e. The average molecular weight is 454 g/mol. The summed E-state index contributed by atoms with van der Waals surface area (Å²) in [5, 5.41) is 22.2. The van der Waals surface area contributed by atoms with Gasteiger partial charge in [-0.15, -0.1) is 0 Å². The smallest absolute Gasteiger partial charge is 0.295 e. The first-order valence-corrected chi connectivity index (χ1v) is 10.6. The number of Topliss-reactive ketones (excluding diaryl/α,β-unsaturated/α-hetero) is 1. The Morgan fingerprint density at radius 1 is 1.18 bits per heavy atom. The number of carbonyl (C=O) groups excluding carboxylic acids is 2. The Morgan fingerprint density at radius 3 is 2.48 bits per heavy atom. The molecule has 1 unspecified atom stereocenters. The van der Waals surface area contributed by atoms with E-state index in [1.807, 2.05) is 20.8 Å². The van der Waals surface area contributed by atoms with Crippen LogP contribution in [0.1, 0.15) is 37.9 Å². The number of non-ortho nitro benzene ring substituents is 1. The van der Waals surface area contributed by atoms with Crippen LogP contribution in [0.25, 0.3) is 5.76 Å². The van der Waals surface area contributed by atoms with Crippen molar-refractivity contribution in [3.05, 3.63) is 75.3 Å². The van der Waals surface area contributed by atoms with E-state index in [4.69, 9.17) is 9.47 Å². The van der Waals surface area contributed by atoms with Crippen LogP contribution in [0, 0.1) is 10.1 Å². The lowest BCUT2D eigenvalue weighted by atomic mass is 9.95. The third kappa shape index (κ3) is 5.20. The number of carbonyl (C=O) groups is 2. The number of amides is 1. The molecule has 174 valence electrons. The van der Waals surface area contributed by atoms with E-state index in [2.05, 4.69) is 0 Å². The fourth-order valence-electron chi connectivity index (χ4n) is 3.68. The number of ketones is 1. The molecule has 0 saturated carbocycles. The van der Waals surface area contributed by atoms with Crippen LogP contribution in [0.5, 0.6) is 5.75 Å². The van der Waals surface area contributed by atoms with Crippen LogP contribution in [-0.2, 0) is 14.3 Å². The van der Waals surface area contributed by atoms with Gasteiger partial charge in [-0.1, -0.05) is 24.3 Å². The van der Waals surface area contributed by atoms with Crippen LogP contribution in [0.15, 0.2) is 54.1 Å². The molecular weight excluding hydrogens is 428 g/mol. The zero-order valence-corrected chi connectivity index (χ0v) is 18.7. The predicted octanol–water partition coefficient (Wildman–Crippen LogP) is 3.84. The first-order chi connectivity index (χ1) is 15.7. The van der Waals surface area contributed by atoms with Crippen LogP contribution < -0.4 is 4.74 Å². The summed E-state index contributed by atoms with van der Waals surface area (Å²) in [5.74, 6) is -1.47. The lowest BCUT2D eigenvalue weighted by Crippen LogP contribution is -2.33. The Morgan fingerprint density at radius 2 is 1.88 bits per heavy atom. The zero-order chi connectivity index (χ0) is 24.1. The molecule has 0 radical (unpaired) electrons. The van der Waals surface area contributed by atoms with Crippen molar-refractivity contribution in [2.24, 2.45) is 0 Å². The molecule has 0 bridgehead atoms. The number of ether oxygens (including phenoxy) is 2. The van der Waals surface area contributed by atoms with Gasteiger partial charge in [0.15, 0.2) is 0 Å². The molecule has 9 heteroatoms. The van der Waals surface area contributed by atoms with Gasteiger partial charge in [-0.2, -0.15) is 0 Å². The Hall–Kier alpha value is -3.72. The summed E-state index contributed by atoms with van der Waals surface area (Å²) >= 11 is 0. The van der Waals surface area contributed by atoms with Gasteiger partial charge in [-0.25, -0.2) is 0 Å². The third-order valence-corrected chi connectivity index (χ3v) is 5.16. The molecule has 0 aliphatic carbocycles. The van der Waals surface area contributed by atoms with E-state index in [0.717, 1.165) is 0 Å². The molecule has 3 rings (SSSR count). The number of rotatable bonds is 9. The van der Waals surface area contributed by atoms with Crippen molar-refractivity contribution in [2.45, 2.75) is 32.9 Å². The number of aliphatic hydroxyl groups excluding tert-OH is 1. The number of nitro groups is 1. The Balaban J connectivity index is 2.09. The SMILES string of the molecule is CCOc1ccc(C2/C(=C(/O)c3cccc([N+](=O)[O-])c3)C(=O)C(=O)N2CCOC(C)C)cc1. The van der Waals surface area contributed by atoms with Gasteiger partial charge in [-0.3, -0.25) is 19.7 Å². The molecule has 1 atom stereocenters. The lowest BCUT2D eigenvalue weighted by Gasteiger charge is -2.25. The second-order valence-electron chi connectivity index (χ2n) is 7.72. The summed E-state index contributed by atoms with van der Waals surface area (Å²) in [6.07, 6.45) is -0.0596. The molecule has 1 fully saturated rings. The quantitative estimate of drug-likeness (QED) is 0.201. The minimum atomic E-state index is -0.879. The zero-order valence-electron chi connectivity index (χ0n) is 18.7. The second-order valence-corrected chi connectivity index (χ2v) is 7.72. The first-order valence-electron chi connectivity index (χ1n) is 10.6. The highest BCUT2D eigenvalue weighted by atomic mass is 16.6. The van der Waals surface area contributed by atoms with Gasteiger partial charge >= 0.3 is 0 Å². The van der Waals surface area contributed by atoms with E-state index in [1.165, 1.54) is 29.2 Å². The Kier molecular flexibility index (Phi) is 7.44. The van der Waals surface area contributed by atoms with Crippen LogP contribution in [0.4, 0.5) is 5.69 Å². The number of nitro benzene ring substituents is 1. The van der Waals surface area contributed by atoms with Crippen LogP contribution >= 0.6 is 0 Å². The van der Waals surface area contributed by atoms with Gasteiger partial charge in [-0.05, 0) is 38.5 Å². The minimum Gasteiger partial charge on any atom is -0.507 e. The van der Waals surface area contributed by atoms with Gasteiger partial charge in [0.1, 0.15) is 11.5 Å². The molecule has 1 aliphatic rings. The van der Waals surface area contributed by atoms with Gasteiger partial charge < -0.3 is 19.5 Å². The number of likely N-dealkylation sites (tertiary alicyclic amines) is 1. The highest BCUT2D eigenvalue weighted by Crippen LogP contribution is 2.40. The van der Waals surface area contributed by atoms with Crippen molar-refractivity contribution in [3.8, 4) is 5.75 Å². The summed E-state index contributed by atoms with van der Waals surface area (Å²) in [4.78, 5) is 37.8. The molecular formula is C24H26N2O7. The highest BCUT2D eigenvalue weighted by molar-refractivity contribution is 6.46. The topological polar surface area (TPSA) is 119 Å². The number of nitrogens with zero attached hydrogens (tertiary/aromatic N) is 2. The van der Waals surface area contributed by atoms with Crippen molar-refractivity contribution in [1.82, 2.24) is 4.90 Å². The van der Waals surface area contributed by atoms with Crippen LogP contribution in [0.2, 0.25) is 0 Å². The monoisotopic (exact) mass is 454 g/mol. The molecule has 1 N–H and O–H groups in total. The van der Waals surface area contributed by atoms with Gasteiger partial charge in [0, 0.05) is 24.2 Å². The van der Waals surface area contributed by atoms with Gasteiger partial charge in [0.25, 0.3) is 17.4 Å². The van der Waals surface area contributed by atoms with Crippen molar-refractivity contribution < 1.29 is 29.1 Å². The van der Waals surface area contributed by atoms with Crippen molar-refractivity contribution in [2.75, 3.05) is 19.8 Å². The molecule has 9 nitrogen and oxygen atoms in total. The van der Waals surface area contributed by atoms with Crippen LogP contribution in [-0.4, -0.2) is 52.5 Å². The number of hydrogen-bond donors (Lipinski definition) is 1. The molecule has 2 aromatic carbocycles. The minimum absolute atomic E-state index is 0.0596. The van der Waals surface area contributed by atoms with E-state index in [0.29, 0.717) is 17.9 Å². The Bertz CT molecular complexity index is 1080.